The number of aryl methyl sites for hydroxylation is 1. The Hall–Kier alpha value is -1.48. The first-order valence-electron chi connectivity index (χ1n) is 5.33. The number of aliphatic imine (C=N–C) groups is 1. The first kappa shape index (κ1) is 12.6. The number of aromatic nitrogens is 3. The highest BCUT2D eigenvalue weighted by Gasteiger charge is 2.23. The van der Waals surface area contributed by atoms with Crippen molar-refractivity contribution in [2.75, 3.05) is 0 Å². The first-order valence-corrected chi connectivity index (χ1v) is 5.33. The highest BCUT2D eigenvalue weighted by atomic mass is 16.1. The van der Waals surface area contributed by atoms with Gasteiger partial charge in [0.25, 0.3) is 0 Å². The van der Waals surface area contributed by atoms with Crippen LogP contribution >= 0.6 is 0 Å². The van der Waals surface area contributed by atoms with Crippen molar-refractivity contribution in [1.82, 2.24) is 14.8 Å². The summed E-state index contributed by atoms with van der Waals surface area (Å²) in [5, 5.41) is 8.24. The van der Waals surface area contributed by atoms with Crippen molar-refractivity contribution >= 4 is 6.08 Å². The van der Waals surface area contributed by atoms with Gasteiger partial charge in [-0.05, 0) is 13.8 Å². The minimum atomic E-state index is -0.103. The molecule has 0 aromatic carbocycles. The topological polar surface area (TPSA) is 60.1 Å². The van der Waals surface area contributed by atoms with Crippen molar-refractivity contribution < 1.29 is 4.79 Å². The number of nitrogens with zero attached hydrogens (tertiary/aromatic N) is 4. The van der Waals surface area contributed by atoms with E-state index < -0.39 is 0 Å². The van der Waals surface area contributed by atoms with E-state index in [4.69, 9.17) is 0 Å². The van der Waals surface area contributed by atoms with E-state index in [1.54, 1.807) is 6.08 Å². The Labute approximate surface area is 95.6 Å². The van der Waals surface area contributed by atoms with E-state index in [9.17, 15) is 4.79 Å². The molecule has 1 unspecified atom stereocenters. The quantitative estimate of drug-likeness (QED) is 0.576. The Morgan fingerprint density at radius 2 is 2.06 bits per heavy atom. The molecule has 0 radical (unpaired) electrons. The summed E-state index contributed by atoms with van der Waals surface area (Å²) in [5.41, 5.74) is -0.0636. The molecule has 16 heavy (non-hydrogen) atoms. The molecule has 0 spiro atoms. The van der Waals surface area contributed by atoms with Gasteiger partial charge in [-0.15, -0.1) is 10.2 Å². The summed E-state index contributed by atoms with van der Waals surface area (Å²) in [6.45, 7) is 10.6. The molecule has 0 aliphatic carbocycles. The van der Waals surface area contributed by atoms with E-state index >= 15 is 0 Å². The molecular formula is C11H18N4O. The first-order chi connectivity index (χ1) is 7.36. The van der Waals surface area contributed by atoms with Crippen LogP contribution in [0.2, 0.25) is 0 Å². The van der Waals surface area contributed by atoms with Crippen molar-refractivity contribution in [2.45, 2.75) is 52.6 Å². The third-order valence-electron chi connectivity index (χ3n) is 2.33. The average Bonchev–Trinajstić information content (AvgIpc) is 2.47. The fourth-order valence-electron chi connectivity index (χ4n) is 1.55. The number of carbonyl (C=O) groups excluding carboxylic acids is 1. The van der Waals surface area contributed by atoms with Crippen LogP contribution in [0.1, 0.15) is 39.3 Å². The maximum absolute atomic E-state index is 10.2. The van der Waals surface area contributed by atoms with Gasteiger partial charge in [0, 0.05) is 12.0 Å². The zero-order chi connectivity index (χ0) is 12.3. The molecule has 0 fully saturated rings. The van der Waals surface area contributed by atoms with E-state index in [1.807, 2.05) is 18.4 Å². The number of hydrogen-bond acceptors (Lipinski definition) is 4. The lowest BCUT2D eigenvalue weighted by Gasteiger charge is -2.20. The van der Waals surface area contributed by atoms with Gasteiger partial charge in [0.05, 0.1) is 6.04 Å². The molecule has 5 nitrogen and oxygen atoms in total. The molecule has 0 aliphatic heterocycles. The lowest BCUT2D eigenvalue weighted by atomic mass is 9.95. The second-order valence-corrected chi connectivity index (χ2v) is 5.00. The Balaban J connectivity index is 3.03. The second kappa shape index (κ2) is 4.58. The minimum Gasteiger partial charge on any atom is -0.313 e. The zero-order valence-electron chi connectivity index (χ0n) is 10.5. The minimum absolute atomic E-state index is 0.0636. The SMILES string of the molecule is Cc1nnc(C(C)(C)C)n1CC(C)N=C=O. The highest BCUT2D eigenvalue weighted by molar-refractivity contribution is 5.33. The van der Waals surface area contributed by atoms with Gasteiger partial charge in [-0.1, -0.05) is 20.8 Å². The summed E-state index contributed by atoms with van der Waals surface area (Å²) >= 11 is 0. The zero-order valence-corrected chi connectivity index (χ0v) is 10.5. The van der Waals surface area contributed by atoms with Crippen LogP contribution in [0, 0.1) is 6.92 Å². The monoisotopic (exact) mass is 222 g/mol. The molecule has 5 heteroatoms. The normalized spacial score (nSPS) is 13.3. The van der Waals surface area contributed by atoms with Crippen LogP contribution in [-0.4, -0.2) is 26.9 Å². The molecular weight excluding hydrogens is 204 g/mol. The number of rotatable bonds is 3. The summed E-state index contributed by atoms with van der Waals surface area (Å²) in [6.07, 6.45) is 1.58. The molecule has 0 N–H and O–H groups in total. The highest BCUT2D eigenvalue weighted by Crippen LogP contribution is 2.21. The second-order valence-electron chi connectivity index (χ2n) is 5.00. The predicted molar refractivity (Wildman–Crippen MR) is 61.0 cm³/mol. The van der Waals surface area contributed by atoms with Crippen molar-refractivity contribution in [3.05, 3.63) is 11.6 Å². The van der Waals surface area contributed by atoms with E-state index in [2.05, 4.69) is 36.0 Å². The van der Waals surface area contributed by atoms with Crippen LogP contribution in [0.15, 0.2) is 4.99 Å². The summed E-state index contributed by atoms with van der Waals surface area (Å²) in [6, 6.07) is -0.103. The molecule has 1 atom stereocenters. The maximum atomic E-state index is 10.2. The molecule has 1 heterocycles. The van der Waals surface area contributed by atoms with Gasteiger partial charge in [0.1, 0.15) is 11.6 Å². The lowest BCUT2D eigenvalue weighted by Crippen LogP contribution is -2.22. The Morgan fingerprint density at radius 1 is 1.44 bits per heavy atom. The van der Waals surface area contributed by atoms with Crippen LogP contribution in [-0.2, 0) is 16.8 Å². The third-order valence-corrected chi connectivity index (χ3v) is 2.33. The maximum Gasteiger partial charge on any atom is 0.235 e. The van der Waals surface area contributed by atoms with Gasteiger partial charge in [-0.25, -0.2) is 9.79 Å². The Morgan fingerprint density at radius 3 is 2.56 bits per heavy atom. The van der Waals surface area contributed by atoms with Gasteiger partial charge in [-0.2, -0.15) is 0 Å². The summed E-state index contributed by atoms with van der Waals surface area (Å²) < 4.78 is 2.01. The fraction of sp³-hybridized carbons (Fsp3) is 0.727. The number of isocyanates is 1. The molecule has 1 rings (SSSR count). The molecule has 1 aromatic heterocycles. The lowest BCUT2D eigenvalue weighted by molar-refractivity contribution is 0.471. The van der Waals surface area contributed by atoms with E-state index in [1.165, 1.54) is 0 Å². The largest absolute Gasteiger partial charge is 0.313 e. The van der Waals surface area contributed by atoms with Crippen molar-refractivity contribution in [1.29, 1.82) is 0 Å². The molecule has 0 amide bonds. The Kier molecular flexibility index (Phi) is 3.60. The van der Waals surface area contributed by atoms with Crippen LogP contribution in [0.5, 0.6) is 0 Å². The van der Waals surface area contributed by atoms with Gasteiger partial charge in [0.2, 0.25) is 6.08 Å². The molecule has 1 aromatic rings. The van der Waals surface area contributed by atoms with Gasteiger partial charge < -0.3 is 4.57 Å². The fourth-order valence-corrected chi connectivity index (χ4v) is 1.55. The van der Waals surface area contributed by atoms with Crippen molar-refractivity contribution in [3.8, 4) is 0 Å². The van der Waals surface area contributed by atoms with Gasteiger partial charge in [-0.3, -0.25) is 0 Å². The number of hydrogen-bond donors (Lipinski definition) is 0. The van der Waals surface area contributed by atoms with Crippen LogP contribution in [0.25, 0.3) is 0 Å². The van der Waals surface area contributed by atoms with Crippen LogP contribution in [0.4, 0.5) is 0 Å². The van der Waals surface area contributed by atoms with E-state index in [0.717, 1.165) is 11.6 Å². The van der Waals surface area contributed by atoms with E-state index in [-0.39, 0.29) is 11.5 Å². The third kappa shape index (κ3) is 2.76. The van der Waals surface area contributed by atoms with Crippen molar-refractivity contribution in [2.24, 2.45) is 4.99 Å². The van der Waals surface area contributed by atoms with Crippen LogP contribution < -0.4 is 0 Å². The molecule has 88 valence electrons. The molecule has 0 bridgehead atoms. The average molecular weight is 222 g/mol. The van der Waals surface area contributed by atoms with Crippen molar-refractivity contribution in [3.63, 3.8) is 0 Å². The van der Waals surface area contributed by atoms with Gasteiger partial charge >= 0.3 is 0 Å². The smallest absolute Gasteiger partial charge is 0.235 e. The summed E-state index contributed by atoms with van der Waals surface area (Å²) in [4.78, 5) is 13.9. The summed E-state index contributed by atoms with van der Waals surface area (Å²) in [7, 11) is 0. The molecule has 0 aliphatic rings. The molecule has 0 saturated carbocycles. The standard InChI is InChI=1S/C11H18N4O/c1-8(12-7-16)6-15-9(2)13-14-10(15)11(3,4)5/h8H,6H2,1-5H3. The van der Waals surface area contributed by atoms with Crippen LogP contribution in [0.3, 0.4) is 0 Å². The van der Waals surface area contributed by atoms with E-state index in [0.29, 0.717) is 6.54 Å². The predicted octanol–water partition coefficient (Wildman–Crippen LogP) is 1.61. The molecule has 0 saturated heterocycles. The summed E-state index contributed by atoms with van der Waals surface area (Å²) in [5.74, 6) is 1.76. The van der Waals surface area contributed by atoms with Gasteiger partial charge in [0.15, 0.2) is 0 Å². The Bertz CT molecular complexity index is 410.